The maximum absolute atomic E-state index is 10.1. The van der Waals surface area contributed by atoms with E-state index in [4.69, 9.17) is 0 Å². The van der Waals surface area contributed by atoms with Crippen LogP contribution in [0.1, 0.15) is 39.5 Å². The Balaban J connectivity index is 0.000000137. The average Bonchev–Trinajstić information content (AvgIpc) is 3.54. The number of rotatable bonds is 5. The van der Waals surface area contributed by atoms with Crippen molar-refractivity contribution in [3.8, 4) is 22.3 Å². The molecule has 0 saturated heterocycles. The van der Waals surface area contributed by atoms with Crippen molar-refractivity contribution in [2.45, 2.75) is 11.5 Å². The van der Waals surface area contributed by atoms with E-state index in [0.29, 0.717) is 0 Å². The van der Waals surface area contributed by atoms with Crippen molar-refractivity contribution in [1.29, 1.82) is 0 Å². The van der Waals surface area contributed by atoms with Crippen LogP contribution in [0.25, 0.3) is 22.3 Å². The van der Waals surface area contributed by atoms with Crippen LogP contribution in [-0.2, 0) is 5.41 Å². The van der Waals surface area contributed by atoms with Crippen LogP contribution in [0.15, 0.2) is 226 Å². The van der Waals surface area contributed by atoms with E-state index in [1.165, 1.54) is 44.5 Å². The summed E-state index contributed by atoms with van der Waals surface area (Å²) < 4.78 is 3.26. The van der Waals surface area contributed by atoms with Crippen molar-refractivity contribution in [3.05, 3.63) is 259 Å². The zero-order valence-electron chi connectivity index (χ0n) is 29.4. The highest BCUT2D eigenvalue weighted by Crippen LogP contribution is 2.55. The standard InChI is InChI=1S/C25H17Br.C13H11BrO.C12H9Br/c26-20-16-14-19(15-17-20)25(18-8-2-1-3-9-18)23-12-6-4-10-21(23)22-11-5-7-13-24(22)25;14-12-8-6-11(7-9-12)13(15)10-4-2-1-3-5-10;13-12-9-5-4-8-11(12)10-6-2-1-3-7-10/h1-17H;1-9,13,15H;1-9H/t;13-;/m.1./s1. The summed E-state index contributed by atoms with van der Waals surface area (Å²) in [6.45, 7) is 0. The molecule has 1 aliphatic carbocycles. The second kappa shape index (κ2) is 17.5. The molecule has 1 atom stereocenters. The Morgan fingerprint density at radius 1 is 0.352 bits per heavy atom. The monoisotopic (exact) mass is 890 g/mol. The van der Waals surface area contributed by atoms with Crippen LogP contribution in [0.4, 0.5) is 0 Å². The molecule has 4 heteroatoms. The third kappa shape index (κ3) is 7.99. The molecular formula is C50H37Br3O. The van der Waals surface area contributed by atoms with Gasteiger partial charge in [-0.25, -0.2) is 0 Å². The first-order valence-electron chi connectivity index (χ1n) is 17.8. The Bertz CT molecular complexity index is 2370. The van der Waals surface area contributed by atoms with Gasteiger partial charge in [-0.2, -0.15) is 0 Å². The number of aliphatic hydroxyl groups excluding tert-OH is 1. The molecule has 8 aromatic carbocycles. The van der Waals surface area contributed by atoms with Crippen LogP contribution in [0.2, 0.25) is 0 Å². The van der Waals surface area contributed by atoms with Gasteiger partial charge in [0.2, 0.25) is 0 Å². The summed E-state index contributed by atoms with van der Waals surface area (Å²) >= 11 is 10.5. The van der Waals surface area contributed by atoms with E-state index < -0.39 is 6.10 Å². The Hall–Kier alpha value is -4.84. The minimum atomic E-state index is -0.542. The first kappa shape index (κ1) is 37.5. The molecule has 1 nitrogen and oxygen atoms in total. The van der Waals surface area contributed by atoms with Gasteiger partial charge >= 0.3 is 0 Å². The van der Waals surface area contributed by atoms with E-state index in [1.807, 2.05) is 72.8 Å². The SMILES string of the molecule is Brc1ccc(C2(c3ccccc3)c3ccccc3-c3ccccc32)cc1.Brc1ccccc1-c1ccccc1.O[C@H](c1ccccc1)c1ccc(Br)cc1. The predicted molar refractivity (Wildman–Crippen MR) is 236 cm³/mol. The maximum atomic E-state index is 10.1. The van der Waals surface area contributed by atoms with Crippen LogP contribution in [-0.4, -0.2) is 5.11 Å². The Morgan fingerprint density at radius 3 is 1.28 bits per heavy atom. The molecule has 1 N–H and O–H groups in total. The van der Waals surface area contributed by atoms with Crippen molar-refractivity contribution < 1.29 is 5.11 Å². The zero-order valence-corrected chi connectivity index (χ0v) is 34.1. The van der Waals surface area contributed by atoms with Crippen molar-refractivity contribution >= 4 is 47.8 Å². The summed E-state index contributed by atoms with van der Waals surface area (Å²) in [5.74, 6) is 0. The molecule has 0 fully saturated rings. The largest absolute Gasteiger partial charge is 0.384 e. The van der Waals surface area contributed by atoms with Gasteiger partial charge in [-0.05, 0) is 86.0 Å². The van der Waals surface area contributed by atoms with E-state index >= 15 is 0 Å². The van der Waals surface area contributed by atoms with Crippen molar-refractivity contribution in [2.24, 2.45) is 0 Å². The van der Waals surface area contributed by atoms with Crippen LogP contribution >= 0.6 is 47.8 Å². The highest BCUT2D eigenvalue weighted by atomic mass is 79.9. The van der Waals surface area contributed by atoms with Crippen LogP contribution < -0.4 is 0 Å². The molecule has 0 aliphatic heterocycles. The Morgan fingerprint density at radius 2 is 0.741 bits per heavy atom. The topological polar surface area (TPSA) is 20.2 Å². The lowest BCUT2D eigenvalue weighted by atomic mass is 9.68. The van der Waals surface area contributed by atoms with Crippen LogP contribution in [0, 0.1) is 0 Å². The van der Waals surface area contributed by atoms with E-state index in [1.54, 1.807) is 0 Å². The lowest BCUT2D eigenvalue weighted by molar-refractivity contribution is 0.220. The minimum absolute atomic E-state index is 0.283. The summed E-state index contributed by atoms with van der Waals surface area (Å²) in [5, 5.41) is 10.1. The summed E-state index contributed by atoms with van der Waals surface area (Å²) in [6.07, 6.45) is -0.542. The Labute approximate surface area is 343 Å². The molecule has 1 aliphatic rings. The van der Waals surface area contributed by atoms with Gasteiger partial charge in [0.25, 0.3) is 0 Å². The summed E-state index contributed by atoms with van der Waals surface area (Å²) in [6, 6.07) is 73.2. The third-order valence-electron chi connectivity index (χ3n) is 9.70. The molecule has 0 heterocycles. The van der Waals surface area contributed by atoms with Gasteiger partial charge in [-0.15, -0.1) is 0 Å². The summed E-state index contributed by atoms with van der Waals surface area (Å²) in [4.78, 5) is 0. The summed E-state index contributed by atoms with van der Waals surface area (Å²) in [5.41, 5.74) is 12.0. The fourth-order valence-electron chi connectivity index (χ4n) is 7.20. The van der Waals surface area contributed by atoms with E-state index in [9.17, 15) is 5.11 Å². The minimum Gasteiger partial charge on any atom is -0.384 e. The lowest BCUT2D eigenvalue weighted by Crippen LogP contribution is -2.28. The number of hydrogen-bond donors (Lipinski definition) is 1. The summed E-state index contributed by atoms with van der Waals surface area (Å²) in [7, 11) is 0. The molecule has 0 saturated carbocycles. The number of halogens is 3. The lowest BCUT2D eigenvalue weighted by Gasteiger charge is -2.33. The highest BCUT2D eigenvalue weighted by molar-refractivity contribution is 9.11. The van der Waals surface area contributed by atoms with Gasteiger partial charge in [0.05, 0.1) is 5.41 Å². The molecule has 54 heavy (non-hydrogen) atoms. The zero-order chi connectivity index (χ0) is 37.3. The van der Waals surface area contributed by atoms with Gasteiger partial charge in [-0.3, -0.25) is 0 Å². The number of hydrogen-bond acceptors (Lipinski definition) is 1. The van der Waals surface area contributed by atoms with Gasteiger partial charge < -0.3 is 5.11 Å². The molecule has 0 spiro atoms. The predicted octanol–water partition coefficient (Wildman–Crippen LogP) is 14.5. The number of benzene rings is 8. The molecule has 0 radical (unpaired) electrons. The second-order valence-corrected chi connectivity index (χ2v) is 15.6. The number of fused-ring (bicyclic) bond motifs is 3. The highest BCUT2D eigenvalue weighted by Gasteiger charge is 2.45. The van der Waals surface area contributed by atoms with Gasteiger partial charge in [-0.1, -0.05) is 230 Å². The first-order valence-corrected chi connectivity index (χ1v) is 20.1. The molecule has 0 amide bonds. The van der Waals surface area contributed by atoms with Crippen molar-refractivity contribution in [2.75, 3.05) is 0 Å². The molecule has 0 unspecified atom stereocenters. The van der Waals surface area contributed by atoms with Crippen LogP contribution in [0.3, 0.4) is 0 Å². The molecule has 0 bridgehead atoms. The fourth-order valence-corrected chi connectivity index (χ4v) is 8.24. The smallest absolute Gasteiger partial charge is 0.104 e. The first-order chi connectivity index (χ1) is 26.5. The molecule has 8 aromatic rings. The molecule has 264 valence electrons. The van der Waals surface area contributed by atoms with Gasteiger partial charge in [0.1, 0.15) is 6.10 Å². The van der Waals surface area contributed by atoms with E-state index in [0.717, 1.165) is 24.5 Å². The molecule has 9 rings (SSSR count). The quantitative estimate of drug-likeness (QED) is 0.183. The second-order valence-electron chi connectivity index (χ2n) is 12.9. The third-order valence-corrected chi connectivity index (χ3v) is 11.4. The Kier molecular flexibility index (Phi) is 12.2. The molecular weight excluding hydrogens is 856 g/mol. The van der Waals surface area contributed by atoms with E-state index in [2.05, 4.69) is 187 Å². The normalized spacial score (nSPS) is 12.5. The van der Waals surface area contributed by atoms with Gasteiger partial charge in [0, 0.05) is 13.4 Å². The maximum Gasteiger partial charge on any atom is 0.104 e. The average molecular weight is 894 g/mol. The fraction of sp³-hybridized carbons (Fsp3) is 0.0400. The van der Waals surface area contributed by atoms with Crippen LogP contribution in [0.5, 0.6) is 0 Å². The van der Waals surface area contributed by atoms with Crippen molar-refractivity contribution in [1.82, 2.24) is 0 Å². The van der Waals surface area contributed by atoms with E-state index in [-0.39, 0.29) is 5.41 Å². The number of aliphatic hydroxyl groups is 1. The van der Waals surface area contributed by atoms with Gasteiger partial charge in [0.15, 0.2) is 0 Å². The molecule has 0 aromatic heterocycles. The van der Waals surface area contributed by atoms with Crippen molar-refractivity contribution in [3.63, 3.8) is 0 Å².